The fourth-order valence-corrected chi connectivity index (χ4v) is 4.56. The van der Waals surface area contributed by atoms with Gasteiger partial charge in [0.2, 0.25) is 0 Å². The van der Waals surface area contributed by atoms with Crippen molar-refractivity contribution >= 4 is 29.0 Å². The Kier molecular flexibility index (Phi) is 7.90. The molecule has 0 bridgehead atoms. The first-order valence-corrected chi connectivity index (χ1v) is 12.0. The summed E-state index contributed by atoms with van der Waals surface area (Å²) in [6, 6.07) is 20.7. The molecule has 0 fully saturated rings. The van der Waals surface area contributed by atoms with Crippen LogP contribution in [0, 0.1) is 0 Å². The summed E-state index contributed by atoms with van der Waals surface area (Å²) in [6.45, 7) is 0. The monoisotopic (exact) mass is 566 g/mol. The van der Waals surface area contributed by atoms with Crippen molar-refractivity contribution in [2.45, 2.75) is 24.2 Å². The maximum atomic E-state index is 14.3. The molecule has 0 aliphatic carbocycles. The summed E-state index contributed by atoms with van der Waals surface area (Å²) in [5, 5.41) is 0.687. The van der Waals surface area contributed by atoms with Crippen molar-refractivity contribution < 1.29 is 31.1 Å². The highest BCUT2D eigenvalue weighted by molar-refractivity contribution is 6.30. The van der Waals surface area contributed by atoms with E-state index in [2.05, 4.69) is 0 Å². The molecule has 0 heterocycles. The zero-order chi connectivity index (χ0) is 27.7. The Labute approximate surface area is 224 Å². The first-order valence-electron chi connectivity index (χ1n) is 11.2. The average molecular weight is 567 g/mol. The van der Waals surface area contributed by atoms with Gasteiger partial charge in [-0.25, -0.2) is 0 Å². The number of hydrogen-bond acceptors (Lipinski definition) is 1. The van der Waals surface area contributed by atoms with Crippen molar-refractivity contribution in [3.63, 3.8) is 0 Å². The molecule has 0 N–H and O–H groups in total. The third-order valence-electron chi connectivity index (χ3n) is 6.07. The number of hydrogen-bond donors (Lipinski definition) is 0. The third-order valence-corrected chi connectivity index (χ3v) is 6.57. The molecule has 196 valence electrons. The van der Waals surface area contributed by atoms with Gasteiger partial charge in [-0.2, -0.15) is 26.3 Å². The number of halogens is 8. The molecule has 0 radical (unpaired) electrons. The van der Waals surface area contributed by atoms with E-state index in [-0.39, 0.29) is 11.1 Å². The number of carbonyl (C=O) groups is 1. The van der Waals surface area contributed by atoms with Crippen LogP contribution >= 0.6 is 23.2 Å². The first kappa shape index (κ1) is 27.7. The molecule has 2 atom stereocenters. The van der Waals surface area contributed by atoms with Gasteiger partial charge in [-0.15, -0.1) is 0 Å². The lowest BCUT2D eigenvalue weighted by Crippen LogP contribution is -2.24. The summed E-state index contributed by atoms with van der Waals surface area (Å²) in [7, 11) is 0. The minimum atomic E-state index is -4.67. The van der Waals surface area contributed by atoms with Gasteiger partial charge in [0.15, 0.2) is 5.78 Å². The van der Waals surface area contributed by atoms with Crippen molar-refractivity contribution in [2.24, 2.45) is 0 Å². The van der Waals surface area contributed by atoms with Crippen LogP contribution in [0.5, 0.6) is 0 Å². The van der Waals surface area contributed by atoms with Gasteiger partial charge in [0.05, 0.1) is 23.0 Å². The molecule has 38 heavy (non-hydrogen) atoms. The van der Waals surface area contributed by atoms with E-state index in [1.165, 1.54) is 72.8 Å². The number of alkyl halides is 6. The molecular formula is C29H18Cl2F6O. The fraction of sp³-hybridized carbons (Fsp3) is 0.138. The summed E-state index contributed by atoms with van der Waals surface area (Å²) >= 11 is 12.0. The smallest absolute Gasteiger partial charge is 0.298 e. The van der Waals surface area contributed by atoms with Gasteiger partial charge in [-0.3, -0.25) is 4.79 Å². The lowest BCUT2D eigenvalue weighted by molar-refractivity contribution is -0.138. The molecule has 2 unspecified atom stereocenters. The molecule has 0 aromatic heterocycles. The SMILES string of the molecule is O=C(C(c1ccc(Cl)cc1)c1cccc(C(F)(F)F)c1)C(c1ccc(Cl)cc1)c1cccc(C(F)(F)F)c1. The number of ketones is 1. The topological polar surface area (TPSA) is 17.1 Å². The van der Waals surface area contributed by atoms with Crippen LogP contribution in [-0.2, 0) is 17.1 Å². The van der Waals surface area contributed by atoms with E-state index in [9.17, 15) is 31.1 Å². The highest BCUT2D eigenvalue weighted by Gasteiger charge is 2.37. The Morgan fingerprint density at radius 1 is 0.526 bits per heavy atom. The third kappa shape index (κ3) is 6.22. The minimum absolute atomic E-state index is 0.0399. The summed E-state index contributed by atoms with van der Waals surface area (Å²) in [4.78, 5) is 14.3. The van der Waals surface area contributed by atoms with Crippen molar-refractivity contribution in [1.29, 1.82) is 0 Å². The van der Waals surface area contributed by atoms with Gasteiger partial charge in [0.1, 0.15) is 0 Å². The Balaban J connectivity index is 1.93. The van der Waals surface area contributed by atoms with Crippen LogP contribution in [0.1, 0.15) is 45.2 Å². The van der Waals surface area contributed by atoms with Crippen LogP contribution in [0.4, 0.5) is 26.3 Å². The molecule has 1 nitrogen and oxygen atoms in total. The summed E-state index contributed by atoms with van der Waals surface area (Å²) < 4.78 is 81.3. The second-order valence-electron chi connectivity index (χ2n) is 8.62. The van der Waals surface area contributed by atoms with Gasteiger partial charge in [0.25, 0.3) is 0 Å². The lowest BCUT2D eigenvalue weighted by Gasteiger charge is -2.25. The van der Waals surface area contributed by atoms with E-state index in [1.54, 1.807) is 0 Å². The molecule has 0 spiro atoms. The van der Waals surface area contributed by atoms with Crippen LogP contribution in [0.3, 0.4) is 0 Å². The first-order chi connectivity index (χ1) is 17.8. The quantitative estimate of drug-likeness (QED) is 0.212. The van der Waals surface area contributed by atoms with E-state index in [0.29, 0.717) is 21.2 Å². The summed E-state index contributed by atoms with van der Waals surface area (Å²) in [5.74, 6) is -3.11. The normalized spacial score (nSPS) is 13.7. The largest absolute Gasteiger partial charge is 0.416 e. The van der Waals surface area contributed by atoms with Crippen molar-refractivity contribution in [3.8, 4) is 0 Å². The van der Waals surface area contributed by atoms with E-state index in [1.807, 2.05) is 0 Å². The lowest BCUT2D eigenvalue weighted by atomic mass is 9.76. The van der Waals surface area contributed by atoms with Crippen LogP contribution < -0.4 is 0 Å². The van der Waals surface area contributed by atoms with Crippen molar-refractivity contribution in [2.75, 3.05) is 0 Å². The van der Waals surface area contributed by atoms with Gasteiger partial charge >= 0.3 is 12.4 Å². The van der Waals surface area contributed by atoms with Crippen LogP contribution in [-0.4, -0.2) is 5.78 Å². The Morgan fingerprint density at radius 3 is 1.18 bits per heavy atom. The van der Waals surface area contributed by atoms with E-state index < -0.39 is 41.1 Å². The zero-order valence-corrected chi connectivity index (χ0v) is 20.8. The van der Waals surface area contributed by atoms with Gasteiger partial charge in [-0.1, -0.05) is 83.9 Å². The average Bonchev–Trinajstić information content (AvgIpc) is 2.86. The second kappa shape index (κ2) is 10.8. The molecule has 0 amide bonds. The maximum absolute atomic E-state index is 14.3. The number of benzene rings is 4. The van der Waals surface area contributed by atoms with Crippen LogP contribution in [0.15, 0.2) is 97.1 Å². The van der Waals surface area contributed by atoms with Crippen molar-refractivity contribution in [3.05, 3.63) is 140 Å². The fourth-order valence-electron chi connectivity index (χ4n) is 4.31. The van der Waals surface area contributed by atoms with Gasteiger partial charge < -0.3 is 0 Å². The highest BCUT2D eigenvalue weighted by atomic mass is 35.5. The Morgan fingerprint density at radius 2 is 0.868 bits per heavy atom. The second-order valence-corrected chi connectivity index (χ2v) is 9.49. The molecule has 4 aromatic rings. The molecule has 9 heteroatoms. The standard InChI is InChI=1S/C29H18Cl2F6O/c30-23-11-7-17(8-12-23)25(19-3-1-5-21(15-19)28(32,33)34)27(38)26(18-9-13-24(31)14-10-18)20-4-2-6-22(16-20)29(35,36)37/h1-16,25-26H. The van der Waals surface area contributed by atoms with E-state index >= 15 is 0 Å². The summed E-state index contributed by atoms with van der Waals surface area (Å²) in [5.41, 5.74) is -1.15. The van der Waals surface area contributed by atoms with Crippen LogP contribution in [0.2, 0.25) is 10.0 Å². The maximum Gasteiger partial charge on any atom is 0.416 e. The minimum Gasteiger partial charge on any atom is -0.298 e. The number of Topliss-reactive ketones (excluding diaryl/α,β-unsaturated/α-hetero) is 1. The molecule has 0 saturated heterocycles. The molecule has 0 saturated carbocycles. The van der Waals surface area contributed by atoms with E-state index in [4.69, 9.17) is 23.2 Å². The Bertz CT molecular complexity index is 1320. The zero-order valence-electron chi connectivity index (χ0n) is 19.3. The van der Waals surface area contributed by atoms with Crippen LogP contribution in [0.25, 0.3) is 0 Å². The molecule has 4 aromatic carbocycles. The molecule has 0 aliphatic rings. The van der Waals surface area contributed by atoms with Gasteiger partial charge in [0, 0.05) is 10.0 Å². The number of carbonyl (C=O) groups excluding carboxylic acids is 1. The Hall–Kier alpha value is -3.29. The van der Waals surface area contributed by atoms with Gasteiger partial charge in [-0.05, 0) is 58.7 Å². The number of rotatable bonds is 6. The molecule has 4 rings (SSSR count). The summed E-state index contributed by atoms with van der Waals surface area (Å²) in [6.07, 6.45) is -9.33. The van der Waals surface area contributed by atoms with Crippen molar-refractivity contribution in [1.82, 2.24) is 0 Å². The molecular weight excluding hydrogens is 549 g/mol. The predicted molar refractivity (Wildman–Crippen MR) is 134 cm³/mol. The molecule has 0 aliphatic heterocycles. The predicted octanol–water partition coefficient (Wildman–Crippen LogP) is 9.56. The van der Waals surface area contributed by atoms with E-state index in [0.717, 1.165) is 24.3 Å². The highest BCUT2D eigenvalue weighted by Crippen LogP contribution is 2.40.